The first-order valence-electron chi connectivity index (χ1n) is 5.03. The Kier molecular flexibility index (Phi) is 4.94. The quantitative estimate of drug-likeness (QED) is 0.430. The van der Waals surface area contributed by atoms with Crippen LogP contribution in [0.5, 0.6) is 0 Å². The molecule has 0 aliphatic rings. The molecule has 0 saturated carbocycles. The second-order valence-corrected chi connectivity index (χ2v) is 4.42. The molecule has 17 heavy (non-hydrogen) atoms. The highest BCUT2D eigenvalue weighted by molar-refractivity contribution is 5.77. The predicted octanol–water partition coefficient (Wildman–Crippen LogP) is 3.21. The van der Waals surface area contributed by atoms with Crippen LogP contribution in [0.25, 0.3) is 0 Å². The van der Waals surface area contributed by atoms with Crippen LogP contribution in [0.15, 0.2) is 25.3 Å². The zero-order valence-electron chi connectivity index (χ0n) is 10.6. The largest absolute Gasteiger partial charge is 0.519 e. The molecule has 96 valence electrons. The fraction of sp³-hybridized carbons (Fsp3) is 0.500. The van der Waals surface area contributed by atoms with Gasteiger partial charge in [0.2, 0.25) is 0 Å². The van der Waals surface area contributed by atoms with Gasteiger partial charge in [-0.2, -0.15) is 0 Å². The van der Waals surface area contributed by atoms with E-state index in [1.807, 2.05) is 0 Å². The summed E-state index contributed by atoms with van der Waals surface area (Å²) >= 11 is 0. The summed E-state index contributed by atoms with van der Waals surface area (Å²) in [6.45, 7) is 13.3. The van der Waals surface area contributed by atoms with E-state index < -0.39 is 23.5 Å². The van der Waals surface area contributed by atoms with Crippen LogP contribution in [0.1, 0.15) is 27.7 Å². The molecule has 0 atom stereocenters. The summed E-state index contributed by atoms with van der Waals surface area (Å²) in [6, 6.07) is 0. The van der Waals surface area contributed by atoms with Crippen LogP contribution in [0.4, 0.5) is 9.59 Å². The maximum Gasteiger partial charge on any atom is 0.519 e. The van der Waals surface area contributed by atoms with Crippen molar-refractivity contribution in [3.8, 4) is 0 Å². The van der Waals surface area contributed by atoms with E-state index in [1.54, 1.807) is 27.7 Å². The number of carbonyl (C=O) groups excluding carboxylic acids is 2. The van der Waals surface area contributed by atoms with Gasteiger partial charge in [0, 0.05) is 0 Å². The molecule has 0 aromatic rings. The molecule has 0 rings (SSSR count). The smallest absolute Gasteiger partial charge is 0.424 e. The van der Waals surface area contributed by atoms with Crippen molar-refractivity contribution in [2.24, 2.45) is 0 Å². The molecule has 0 N–H and O–H groups in total. The van der Waals surface area contributed by atoms with Crippen LogP contribution in [0.2, 0.25) is 0 Å². The Hall–Kier alpha value is -1.78. The second-order valence-electron chi connectivity index (χ2n) is 4.42. The van der Waals surface area contributed by atoms with Crippen molar-refractivity contribution in [1.82, 2.24) is 0 Å². The third kappa shape index (κ3) is 6.40. The van der Waals surface area contributed by atoms with E-state index in [1.165, 1.54) is 12.2 Å². The Morgan fingerprint density at radius 3 is 1.41 bits per heavy atom. The third-order valence-electron chi connectivity index (χ3n) is 1.84. The van der Waals surface area contributed by atoms with E-state index in [9.17, 15) is 9.59 Å². The molecule has 0 radical (unpaired) electrons. The van der Waals surface area contributed by atoms with Crippen molar-refractivity contribution in [2.75, 3.05) is 0 Å². The maximum atomic E-state index is 11.2. The fourth-order valence-electron chi connectivity index (χ4n) is 0.623. The van der Waals surface area contributed by atoms with Gasteiger partial charge in [0.15, 0.2) is 0 Å². The number of hydrogen-bond acceptors (Lipinski definition) is 5. The lowest BCUT2D eigenvalue weighted by Gasteiger charge is -2.21. The number of hydrogen-bond donors (Lipinski definition) is 0. The Bertz CT molecular complexity index is 296. The van der Waals surface area contributed by atoms with Crippen LogP contribution in [-0.2, 0) is 14.2 Å². The highest BCUT2D eigenvalue weighted by Gasteiger charge is 2.26. The van der Waals surface area contributed by atoms with E-state index >= 15 is 0 Å². The summed E-state index contributed by atoms with van der Waals surface area (Å²) < 4.78 is 13.9. The fourth-order valence-corrected chi connectivity index (χ4v) is 0.623. The van der Waals surface area contributed by atoms with Gasteiger partial charge in [-0.3, -0.25) is 0 Å². The van der Waals surface area contributed by atoms with Crippen molar-refractivity contribution in [3.05, 3.63) is 25.3 Å². The van der Waals surface area contributed by atoms with Gasteiger partial charge in [0.05, 0.1) is 0 Å². The zero-order valence-corrected chi connectivity index (χ0v) is 10.6. The molecule has 0 aromatic heterocycles. The molecule has 0 aromatic carbocycles. The lowest BCUT2D eigenvalue weighted by atomic mass is 10.1. The Morgan fingerprint density at radius 1 is 0.882 bits per heavy atom. The molecule has 0 fully saturated rings. The number of ether oxygens (including phenoxy) is 3. The Labute approximate surface area is 101 Å². The number of carbonyl (C=O) groups is 2. The zero-order chi connectivity index (χ0) is 13.7. The van der Waals surface area contributed by atoms with E-state index in [0.717, 1.165) is 0 Å². The van der Waals surface area contributed by atoms with Crippen LogP contribution in [-0.4, -0.2) is 23.5 Å². The topological polar surface area (TPSA) is 61.8 Å². The molecule has 0 amide bonds. The minimum absolute atomic E-state index is 0.911. The normalized spacial score (nSPS) is 11.3. The van der Waals surface area contributed by atoms with Gasteiger partial charge in [0.1, 0.15) is 11.2 Å². The molecule has 0 aliphatic heterocycles. The third-order valence-corrected chi connectivity index (χ3v) is 1.84. The Morgan fingerprint density at radius 2 is 1.18 bits per heavy atom. The Balaban J connectivity index is 4.28. The molecular weight excluding hydrogens is 224 g/mol. The van der Waals surface area contributed by atoms with Gasteiger partial charge in [0.25, 0.3) is 0 Å². The molecule has 5 heteroatoms. The SMILES string of the molecule is C=CC(C)(C)OC(=O)OC(=O)OC(C)(C)C=C. The molecule has 0 heterocycles. The van der Waals surface area contributed by atoms with Crippen LogP contribution >= 0.6 is 0 Å². The van der Waals surface area contributed by atoms with Gasteiger partial charge >= 0.3 is 12.3 Å². The monoisotopic (exact) mass is 242 g/mol. The average Bonchev–Trinajstić information content (AvgIpc) is 2.15. The van der Waals surface area contributed by atoms with Gasteiger partial charge < -0.3 is 14.2 Å². The summed E-state index contributed by atoms with van der Waals surface area (Å²) in [5, 5.41) is 0. The first-order valence-corrected chi connectivity index (χ1v) is 5.03. The molecular formula is C12H18O5. The maximum absolute atomic E-state index is 11.2. The molecule has 5 nitrogen and oxygen atoms in total. The molecule has 0 aliphatic carbocycles. The van der Waals surface area contributed by atoms with Gasteiger partial charge in [-0.05, 0) is 39.8 Å². The van der Waals surface area contributed by atoms with Crippen molar-refractivity contribution >= 4 is 12.3 Å². The van der Waals surface area contributed by atoms with Gasteiger partial charge in [-0.15, -0.1) is 0 Å². The molecule has 0 bridgehead atoms. The first-order chi connectivity index (χ1) is 7.62. The van der Waals surface area contributed by atoms with Crippen molar-refractivity contribution in [1.29, 1.82) is 0 Å². The molecule has 0 saturated heterocycles. The van der Waals surface area contributed by atoms with E-state index in [2.05, 4.69) is 17.9 Å². The highest BCUT2D eigenvalue weighted by Crippen LogP contribution is 2.14. The van der Waals surface area contributed by atoms with E-state index in [4.69, 9.17) is 9.47 Å². The van der Waals surface area contributed by atoms with Crippen molar-refractivity contribution in [2.45, 2.75) is 38.9 Å². The molecule has 0 spiro atoms. The van der Waals surface area contributed by atoms with Crippen LogP contribution < -0.4 is 0 Å². The summed E-state index contributed by atoms with van der Waals surface area (Å²) in [5.41, 5.74) is -1.82. The average molecular weight is 242 g/mol. The van der Waals surface area contributed by atoms with E-state index in [-0.39, 0.29) is 0 Å². The van der Waals surface area contributed by atoms with E-state index in [0.29, 0.717) is 0 Å². The highest BCUT2D eigenvalue weighted by atomic mass is 16.8. The van der Waals surface area contributed by atoms with Crippen LogP contribution in [0, 0.1) is 0 Å². The summed E-state index contributed by atoms with van der Waals surface area (Å²) in [5.74, 6) is 0. The van der Waals surface area contributed by atoms with Gasteiger partial charge in [-0.25, -0.2) is 9.59 Å². The van der Waals surface area contributed by atoms with Gasteiger partial charge in [-0.1, -0.05) is 13.2 Å². The standard InChI is InChI=1S/C12H18O5/c1-7-11(3,4)16-9(13)15-10(14)17-12(5,6)8-2/h7-8H,1-2H2,3-6H3. The summed E-state index contributed by atoms with van der Waals surface area (Å²) in [4.78, 5) is 22.4. The second kappa shape index (κ2) is 5.52. The van der Waals surface area contributed by atoms with Crippen molar-refractivity contribution in [3.63, 3.8) is 0 Å². The minimum atomic E-state index is -1.14. The van der Waals surface area contributed by atoms with Crippen molar-refractivity contribution < 1.29 is 23.8 Å². The minimum Gasteiger partial charge on any atom is -0.424 e. The summed E-state index contributed by atoms with van der Waals surface area (Å²) in [7, 11) is 0. The van der Waals surface area contributed by atoms with Crippen LogP contribution in [0.3, 0.4) is 0 Å². The number of rotatable bonds is 4. The first kappa shape index (κ1) is 15.2. The lowest BCUT2D eigenvalue weighted by Crippen LogP contribution is -2.30. The molecule has 0 unspecified atom stereocenters. The lowest BCUT2D eigenvalue weighted by molar-refractivity contribution is -0.0162. The summed E-state index contributed by atoms with van der Waals surface area (Å²) in [6.07, 6.45) is 0.542. The predicted molar refractivity (Wildman–Crippen MR) is 62.6 cm³/mol.